The molecule has 0 aromatic rings. The van der Waals surface area contributed by atoms with Gasteiger partial charge in [0.15, 0.2) is 0 Å². The van der Waals surface area contributed by atoms with Crippen LogP contribution in [0.5, 0.6) is 0 Å². The lowest BCUT2D eigenvalue weighted by Crippen LogP contribution is -2.52. The first kappa shape index (κ1) is 16.8. The Balaban J connectivity index is 2.56. The highest BCUT2D eigenvalue weighted by Gasteiger charge is 2.31. The van der Waals surface area contributed by atoms with Crippen molar-refractivity contribution < 1.29 is 14.7 Å². The minimum atomic E-state index is -0.880. The summed E-state index contributed by atoms with van der Waals surface area (Å²) in [6.07, 6.45) is 4.74. The van der Waals surface area contributed by atoms with Crippen molar-refractivity contribution in [1.29, 1.82) is 0 Å². The average molecular weight is 284 g/mol. The second-order valence-electron chi connectivity index (χ2n) is 7.14. The van der Waals surface area contributed by atoms with E-state index in [4.69, 9.17) is 5.11 Å². The molecule has 2 N–H and O–H groups in total. The van der Waals surface area contributed by atoms with Crippen molar-refractivity contribution in [1.82, 2.24) is 10.2 Å². The largest absolute Gasteiger partial charge is 0.481 e. The van der Waals surface area contributed by atoms with Crippen molar-refractivity contribution in [2.24, 2.45) is 5.41 Å². The Kier molecular flexibility index (Phi) is 5.42. The predicted molar refractivity (Wildman–Crippen MR) is 78.7 cm³/mol. The Labute approximate surface area is 121 Å². The van der Waals surface area contributed by atoms with Gasteiger partial charge in [-0.05, 0) is 39.0 Å². The highest BCUT2D eigenvalue weighted by molar-refractivity contribution is 5.76. The fourth-order valence-corrected chi connectivity index (χ4v) is 2.74. The van der Waals surface area contributed by atoms with E-state index < -0.39 is 5.97 Å². The second-order valence-corrected chi connectivity index (χ2v) is 7.14. The van der Waals surface area contributed by atoms with Crippen LogP contribution in [0.4, 0.5) is 4.79 Å². The average Bonchev–Trinajstić information content (AvgIpc) is 2.72. The van der Waals surface area contributed by atoms with Crippen molar-refractivity contribution in [3.05, 3.63) is 0 Å². The molecule has 0 aromatic heterocycles. The van der Waals surface area contributed by atoms with Gasteiger partial charge in [-0.1, -0.05) is 19.8 Å². The van der Waals surface area contributed by atoms with Crippen LogP contribution in [0, 0.1) is 5.41 Å². The first-order valence-corrected chi connectivity index (χ1v) is 7.41. The summed E-state index contributed by atoms with van der Waals surface area (Å²) in [6.45, 7) is 8.88. The van der Waals surface area contributed by atoms with Gasteiger partial charge in [0.25, 0.3) is 0 Å². The molecule has 5 nitrogen and oxygen atoms in total. The SMILES string of the molecule is CC1(CNC(=O)N(CCC(=O)O)C(C)(C)C)CCCC1. The fourth-order valence-electron chi connectivity index (χ4n) is 2.74. The van der Waals surface area contributed by atoms with Crippen LogP contribution in [0.3, 0.4) is 0 Å². The number of rotatable bonds is 5. The van der Waals surface area contributed by atoms with Gasteiger partial charge in [-0.15, -0.1) is 0 Å². The quantitative estimate of drug-likeness (QED) is 0.815. The molecule has 0 atom stereocenters. The van der Waals surface area contributed by atoms with Crippen LogP contribution in [-0.4, -0.2) is 40.6 Å². The third kappa shape index (κ3) is 5.02. The number of carboxylic acid groups (broad SMARTS) is 1. The lowest BCUT2D eigenvalue weighted by molar-refractivity contribution is -0.137. The van der Waals surface area contributed by atoms with Crippen LogP contribution >= 0.6 is 0 Å². The van der Waals surface area contributed by atoms with E-state index >= 15 is 0 Å². The molecule has 116 valence electrons. The van der Waals surface area contributed by atoms with Crippen LogP contribution in [0.25, 0.3) is 0 Å². The highest BCUT2D eigenvalue weighted by Crippen LogP contribution is 2.36. The number of carboxylic acids is 1. The van der Waals surface area contributed by atoms with E-state index in [1.807, 2.05) is 20.8 Å². The van der Waals surface area contributed by atoms with Gasteiger partial charge >= 0.3 is 12.0 Å². The van der Waals surface area contributed by atoms with Gasteiger partial charge in [0.1, 0.15) is 0 Å². The molecule has 0 bridgehead atoms. The van der Waals surface area contributed by atoms with Gasteiger partial charge in [-0.25, -0.2) is 4.79 Å². The number of aliphatic carboxylic acids is 1. The smallest absolute Gasteiger partial charge is 0.317 e. The summed E-state index contributed by atoms with van der Waals surface area (Å²) in [4.78, 5) is 24.6. The Morgan fingerprint density at radius 1 is 1.25 bits per heavy atom. The van der Waals surface area contributed by atoms with Crippen LogP contribution in [0.15, 0.2) is 0 Å². The van der Waals surface area contributed by atoms with E-state index in [0.717, 1.165) is 12.8 Å². The molecular weight excluding hydrogens is 256 g/mol. The summed E-state index contributed by atoms with van der Waals surface area (Å²) in [5.74, 6) is -0.880. The molecule has 0 spiro atoms. The number of nitrogens with one attached hydrogen (secondary N) is 1. The maximum absolute atomic E-state index is 12.3. The van der Waals surface area contributed by atoms with Crippen LogP contribution < -0.4 is 5.32 Å². The number of hydrogen-bond donors (Lipinski definition) is 2. The third-order valence-corrected chi connectivity index (χ3v) is 4.08. The number of hydrogen-bond acceptors (Lipinski definition) is 2. The van der Waals surface area contributed by atoms with E-state index in [0.29, 0.717) is 6.54 Å². The zero-order valence-corrected chi connectivity index (χ0v) is 13.2. The van der Waals surface area contributed by atoms with Gasteiger partial charge < -0.3 is 15.3 Å². The minimum Gasteiger partial charge on any atom is -0.481 e. The molecule has 0 aromatic carbocycles. The summed E-state index contributed by atoms with van der Waals surface area (Å²) in [6, 6.07) is -0.160. The molecule has 0 radical (unpaired) electrons. The number of nitrogens with zero attached hydrogens (tertiary/aromatic N) is 1. The van der Waals surface area contributed by atoms with E-state index in [2.05, 4.69) is 12.2 Å². The minimum absolute atomic E-state index is 0.0258. The maximum atomic E-state index is 12.3. The van der Waals surface area contributed by atoms with Gasteiger partial charge in [-0.3, -0.25) is 4.79 Å². The molecule has 1 aliphatic carbocycles. The molecular formula is C15H28N2O3. The van der Waals surface area contributed by atoms with Crippen molar-refractivity contribution in [2.45, 2.75) is 65.3 Å². The summed E-state index contributed by atoms with van der Waals surface area (Å²) in [7, 11) is 0. The molecule has 0 aliphatic heterocycles. The van der Waals surface area contributed by atoms with Crippen LogP contribution in [0.2, 0.25) is 0 Å². The number of amides is 2. The lowest BCUT2D eigenvalue weighted by Gasteiger charge is -2.36. The number of urea groups is 1. The Hall–Kier alpha value is -1.26. The summed E-state index contributed by atoms with van der Waals surface area (Å²) in [5, 5.41) is 11.8. The molecule has 0 heterocycles. The lowest BCUT2D eigenvalue weighted by atomic mass is 9.89. The molecule has 1 fully saturated rings. The van der Waals surface area contributed by atoms with Crippen molar-refractivity contribution >= 4 is 12.0 Å². The zero-order valence-electron chi connectivity index (χ0n) is 13.2. The molecule has 5 heteroatoms. The summed E-state index contributed by atoms with van der Waals surface area (Å²) < 4.78 is 0. The maximum Gasteiger partial charge on any atom is 0.317 e. The Morgan fingerprint density at radius 2 is 1.80 bits per heavy atom. The molecule has 1 rings (SSSR count). The normalized spacial score (nSPS) is 17.8. The van der Waals surface area contributed by atoms with Crippen molar-refractivity contribution in [3.8, 4) is 0 Å². The van der Waals surface area contributed by atoms with Gasteiger partial charge in [0.05, 0.1) is 6.42 Å². The monoisotopic (exact) mass is 284 g/mol. The standard InChI is InChI=1S/C15H28N2O3/c1-14(2,3)17(10-7-12(18)19)13(20)16-11-15(4)8-5-6-9-15/h5-11H2,1-4H3,(H,16,20)(H,18,19). The van der Waals surface area contributed by atoms with Crippen molar-refractivity contribution in [2.75, 3.05) is 13.1 Å². The van der Waals surface area contributed by atoms with Crippen molar-refractivity contribution in [3.63, 3.8) is 0 Å². The van der Waals surface area contributed by atoms with Gasteiger partial charge in [-0.2, -0.15) is 0 Å². The van der Waals surface area contributed by atoms with E-state index in [1.54, 1.807) is 4.90 Å². The third-order valence-electron chi connectivity index (χ3n) is 4.08. The van der Waals surface area contributed by atoms with E-state index in [-0.39, 0.29) is 30.0 Å². The van der Waals surface area contributed by atoms with E-state index in [1.165, 1.54) is 12.8 Å². The second kappa shape index (κ2) is 6.46. The molecule has 0 unspecified atom stereocenters. The molecule has 0 saturated heterocycles. The Morgan fingerprint density at radius 3 is 2.25 bits per heavy atom. The highest BCUT2D eigenvalue weighted by atomic mass is 16.4. The summed E-state index contributed by atoms with van der Waals surface area (Å²) >= 11 is 0. The molecule has 20 heavy (non-hydrogen) atoms. The zero-order chi connectivity index (χ0) is 15.4. The van der Waals surface area contributed by atoms with Crippen LogP contribution in [-0.2, 0) is 4.79 Å². The molecule has 1 saturated carbocycles. The summed E-state index contributed by atoms with van der Waals surface area (Å²) in [5.41, 5.74) is -0.178. The van der Waals surface area contributed by atoms with Crippen LogP contribution in [0.1, 0.15) is 59.8 Å². The van der Waals surface area contributed by atoms with Gasteiger partial charge in [0, 0.05) is 18.6 Å². The number of carbonyl (C=O) groups excluding carboxylic acids is 1. The topological polar surface area (TPSA) is 69.6 Å². The first-order valence-electron chi connectivity index (χ1n) is 7.41. The predicted octanol–water partition coefficient (Wildman–Crippen LogP) is 2.85. The first-order chi connectivity index (χ1) is 9.14. The molecule has 2 amide bonds. The van der Waals surface area contributed by atoms with Gasteiger partial charge in [0.2, 0.25) is 0 Å². The fraction of sp³-hybridized carbons (Fsp3) is 0.867. The van der Waals surface area contributed by atoms with E-state index in [9.17, 15) is 9.59 Å². The Bertz CT molecular complexity index is 355. The number of carbonyl (C=O) groups is 2. The molecule has 1 aliphatic rings.